The van der Waals surface area contributed by atoms with Gasteiger partial charge in [0.05, 0.1) is 5.92 Å². The fourth-order valence-electron chi connectivity index (χ4n) is 2.77. The zero-order valence-corrected chi connectivity index (χ0v) is 10.1. The molecule has 94 valence electrons. The maximum atomic E-state index is 11.5. The third kappa shape index (κ3) is 2.43. The van der Waals surface area contributed by atoms with Crippen molar-refractivity contribution in [3.8, 4) is 0 Å². The number of carboxylic acids is 1. The minimum atomic E-state index is -1.17. The molecule has 1 aliphatic rings. The number of rotatable bonds is 4. The van der Waals surface area contributed by atoms with E-state index in [4.69, 9.17) is 5.11 Å². The van der Waals surface area contributed by atoms with E-state index in [1.807, 2.05) is 0 Å². The molecule has 1 aliphatic carbocycles. The molecule has 1 saturated carbocycles. The summed E-state index contributed by atoms with van der Waals surface area (Å²) in [4.78, 5) is 45.6. The number of ketones is 3. The molecule has 17 heavy (non-hydrogen) atoms. The van der Waals surface area contributed by atoms with Gasteiger partial charge in [-0.05, 0) is 27.2 Å². The van der Waals surface area contributed by atoms with Crippen molar-refractivity contribution in [1.29, 1.82) is 0 Å². The van der Waals surface area contributed by atoms with Gasteiger partial charge in [-0.3, -0.25) is 19.2 Å². The Balaban J connectivity index is 3.17. The summed E-state index contributed by atoms with van der Waals surface area (Å²) in [6, 6.07) is 0. The summed E-state index contributed by atoms with van der Waals surface area (Å²) in [5, 5.41) is 9.14. The van der Waals surface area contributed by atoms with Gasteiger partial charge < -0.3 is 5.11 Å². The molecule has 0 saturated heterocycles. The number of hydrogen-bond donors (Lipinski definition) is 1. The predicted octanol–water partition coefficient (Wildman–Crippen LogP) is 0.706. The fourth-order valence-corrected chi connectivity index (χ4v) is 2.77. The minimum absolute atomic E-state index is 0.173. The molecule has 0 bridgehead atoms. The Morgan fingerprint density at radius 1 is 0.824 bits per heavy atom. The highest BCUT2D eigenvalue weighted by Gasteiger charge is 2.52. The van der Waals surface area contributed by atoms with Gasteiger partial charge in [0, 0.05) is 17.8 Å². The van der Waals surface area contributed by atoms with Crippen LogP contribution in [0.3, 0.4) is 0 Å². The smallest absolute Gasteiger partial charge is 0.307 e. The number of carbonyl (C=O) groups is 4. The second-order valence-electron chi connectivity index (χ2n) is 4.67. The highest BCUT2D eigenvalue weighted by atomic mass is 16.4. The zero-order valence-electron chi connectivity index (χ0n) is 10.1. The van der Waals surface area contributed by atoms with E-state index in [1.54, 1.807) is 0 Å². The summed E-state index contributed by atoms with van der Waals surface area (Å²) in [5.41, 5.74) is 0. The lowest BCUT2D eigenvalue weighted by molar-refractivity contribution is -0.149. The Hall–Kier alpha value is -1.52. The zero-order chi connectivity index (χ0) is 13.3. The van der Waals surface area contributed by atoms with Gasteiger partial charge in [0.15, 0.2) is 0 Å². The number of Topliss-reactive ketones (excluding diaryl/α,β-unsaturated/α-hetero) is 3. The molecule has 5 heteroatoms. The third-order valence-electron chi connectivity index (χ3n) is 3.56. The molecule has 5 nitrogen and oxygen atoms in total. The van der Waals surface area contributed by atoms with Crippen LogP contribution in [0.25, 0.3) is 0 Å². The van der Waals surface area contributed by atoms with E-state index in [-0.39, 0.29) is 23.8 Å². The minimum Gasteiger partial charge on any atom is -0.481 e. The van der Waals surface area contributed by atoms with Crippen LogP contribution in [0.5, 0.6) is 0 Å². The molecule has 0 aliphatic heterocycles. The Bertz CT molecular complexity index is 348. The monoisotopic (exact) mass is 240 g/mol. The highest BCUT2D eigenvalue weighted by molar-refractivity contribution is 5.95. The molecule has 0 radical (unpaired) electrons. The van der Waals surface area contributed by atoms with Crippen molar-refractivity contribution in [2.45, 2.75) is 27.2 Å². The van der Waals surface area contributed by atoms with E-state index in [0.29, 0.717) is 0 Å². The van der Waals surface area contributed by atoms with Crippen molar-refractivity contribution >= 4 is 23.3 Å². The maximum Gasteiger partial charge on any atom is 0.307 e. The lowest BCUT2D eigenvalue weighted by atomic mass is 9.82. The summed E-state index contributed by atoms with van der Waals surface area (Å²) in [6.07, 6.45) is 0.173. The van der Waals surface area contributed by atoms with E-state index < -0.39 is 29.6 Å². The summed E-state index contributed by atoms with van der Waals surface area (Å²) < 4.78 is 0. The molecule has 4 atom stereocenters. The Kier molecular flexibility index (Phi) is 3.80. The summed E-state index contributed by atoms with van der Waals surface area (Å²) in [7, 11) is 0. The maximum absolute atomic E-state index is 11.5. The van der Waals surface area contributed by atoms with Crippen molar-refractivity contribution in [2.75, 3.05) is 0 Å². The lowest BCUT2D eigenvalue weighted by Gasteiger charge is -2.19. The first-order valence-corrected chi connectivity index (χ1v) is 5.51. The van der Waals surface area contributed by atoms with E-state index in [2.05, 4.69) is 0 Å². The second kappa shape index (κ2) is 4.77. The van der Waals surface area contributed by atoms with Crippen molar-refractivity contribution < 1.29 is 24.3 Å². The summed E-state index contributed by atoms with van der Waals surface area (Å²) in [5.74, 6) is -5.28. The largest absolute Gasteiger partial charge is 0.481 e. The van der Waals surface area contributed by atoms with Crippen molar-refractivity contribution in [3.63, 3.8) is 0 Å². The van der Waals surface area contributed by atoms with Gasteiger partial charge in [-0.2, -0.15) is 0 Å². The van der Waals surface area contributed by atoms with Crippen LogP contribution >= 0.6 is 0 Å². The molecule has 0 heterocycles. The van der Waals surface area contributed by atoms with Gasteiger partial charge >= 0.3 is 5.97 Å². The Morgan fingerprint density at radius 3 is 1.53 bits per heavy atom. The van der Waals surface area contributed by atoms with Crippen LogP contribution in [0.2, 0.25) is 0 Å². The second-order valence-corrected chi connectivity index (χ2v) is 4.67. The average Bonchev–Trinajstić information content (AvgIpc) is 2.56. The average molecular weight is 240 g/mol. The highest BCUT2D eigenvalue weighted by Crippen LogP contribution is 2.43. The lowest BCUT2D eigenvalue weighted by Crippen LogP contribution is -2.33. The van der Waals surface area contributed by atoms with Gasteiger partial charge in [0.25, 0.3) is 0 Å². The molecule has 1 rings (SSSR count). The number of carboxylic acid groups (broad SMARTS) is 1. The molecular weight excluding hydrogens is 224 g/mol. The SMILES string of the molecule is CC(=O)C1CC(C(C)=O)C(C(=O)O)C1C(C)=O. The van der Waals surface area contributed by atoms with Crippen LogP contribution in [0, 0.1) is 23.7 Å². The van der Waals surface area contributed by atoms with Crippen LogP contribution < -0.4 is 0 Å². The standard InChI is InChI=1S/C12H16O5/c1-5(13)8-4-9(6(2)14)11(12(16)17)10(8)7(3)15/h8-11H,4H2,1-3H3,(H,16,17). The Morgan fingerprint density at radius 2 is 1.24 bits per heavy atom. The van der Waals surface area contributed by atoms with Crippen LogP contribution in [0.1, 0.15) is 27.2 Å². The number of carbonyl (C=O) groups excluding carboxylic acids is 3. The summed E-state index contributed by atoms with van der Waals surface area (Å²) >= 11 is 0. The quantitative estimate of drug-likeness (QED) is 0.781. The number of aliphatic carboxylic acids is 1. The van der Waals surface area contributed by atoms with E-state index in [1.165, 1.54) is 20.8 Å². The van der Waals surface area contributed by atoms with Gasteiger partial charge in [-0.15, -0.1) is 0 Å². The molecule has 4 unspecified atom stereocenters. The molecule has 0 spiro atoms. The summed E-state index contributed by atoms with van der Waals surface area (Å²) in [6.45, 7) is 3.92. The van der Waals surface area contributed by atoms with Gasteiger partial charge in [0.2, 0.25) is 0 Å². The van der Waals surface area contributed by atoms with Crippen LogP contribution in [0.15, 0.2) is 0 Å². The molecule has 1 fully saturated rings. The van der Waals surface area contributed by atoms with Crippen molar-refractivity contribution in [2.24, 2.45) is 23.7 Å². The molecule has 0 aromatic carbocycles. The topological polar surface area (TPSA) is 88.5 Å². The third-order valence-corrected chi connectivity index (χ3v) is 3.56. The molecule has 1 N–H and O–H groups in total. The first kappa shape index (κ1) is 13.5. The van der Waals surface area contributed by atoms with Crippen LogP contribution in [-0.2, 0) is 19.2 Å². The predicted molar refractivity (Wildman–Crippen MR) is 58.3 cm³/mol. The van der Waals surface area contributed by atoms with Crippen molar-refractivity contribution in [3.05, 3.63) is 0 Å². The molecular formula is C12H16O5. The van der Waals surface area contributed by atoms with Gasteiger partial charge in [-0.1, -0.05) is 0 Å². The first-order valence-electron chi connectivity index (χ1n) is 5.51. The van der Waals surface area contributed by atoms with E-state index in [0.717, 1.165) is 0 Å². The van der Waals surface area contributed by atoms with Gasteiger partial charge in [-0.25, -0.2) is 0 Å². The normalized spacial score (nSPS) is 32.2. The van der Waals surface area contributed by atoms with Crippen LogP contribution in [0.4, 0.5) is 0 Å². The Labute approximate surface area is 99.2 Å². The van der Waals surface area contributed by atoms with Crippen molar-refractivity contribution in [1.82, 2.24) is 0 Å². The van der Waals surface area contributed by atoms with E-state index in [9.17, 15) is 19.2 Å². The first-order chi connectivity index (χ1) is 7.77. The van der Waals surface area contributed by atoms with E-state index >= 15 is 0 Å². The molecule has 0 aromatic rings. The van der Waals surface area contributed by atoms with Crippen LogP contribution in [-0.4, -0.2) is 28.4 Å². The van der Waals surface area contributed by atoms with Gasteiger partial charge in [0.1, 0.15) is 17.3 Å². The molecule has 0 aromatic heterocycles. The molecule has 0 amide bonds. The number of hydrogen-bond acceptors (Lipinski definition) is 4. The fraction of sp³-hybridized carbons (Fsp3) is 0.667.